The van der Waals surface area contributed by atoms with Gasteiger partial charge in [-0.25, -0.2) is 0 Å². The Morgan fingerprint density at radius 1 is 1.04 bits per heavy atom. The number of aromatic carboxylic acids is 1. The second-order valence-electron chi connectivity index (χ2n) is 5.04. The average Bonchev–Trinajstić information content (AvgIpc) is 2.59. The number of carbonyl (C=O) groups excluding carboxylic acids is 2. The Bertz CT molecular complexity index is 891. The summed E-state index contributed by atoms with van der Waals surface area (Å²) >= 11 is 0. The third-order valence-electron chi connectivity index (χ3n) is 3.55. The van der Waals surface area contributed by atoms with Gasteiger partial charge in [-0.2, -0.15) is 0 Å². The molecule has 3 rings (SSSR count). The molecule has 0 saturated carbocycles. The number of carbonyl (C=O) groups is 2. The molecule has 3 aromatic rings. The number of aromatic nitrogens is 1. The zero-order valence-electron chi connectivity index (χ0n) is 13.2. The van der Waals surface area contributed by atoms with Gasteiger partial charge in [-0.15, -0.1) is 0 Å². The van der Waals surface area contributed by atoms with Gasteiger partial charge in [-0.1, -0.05) is 42.5 Å². The number of pyridine rings is 1. The molecule has 114 valence electrons. The van der Waals surface area contributed by atoms with Crippen LogP contribution in [0, 0.1) is 0 Å². The summed E-state index contributed by atoms with van der Waals surface area (Å²) < 4.78 is 0. The quantitative estimate of drug-likeness (QED) is 0.593. The zero-order chi connectivity index (χ0) is 16.2. The summed E-state index contributed by atoms with van der Waals surface area (Å²) in [5.41, 5.74) is 0.953. The molecule has 0 saturated heterocycles. The van der Waals surface area contributed by atoms with Crippen molar-refractivity contribution >= 4 is 22.6 Å². The first-order valence-electron chi connectivity index (χ1n) is 7.07. The van der Waals surface area contributed by atoms with Gasteiger partial charge in [0.2, 0.25) is 0 Å². The van der Waals surface area contributed by atoms with Gasteiger partial charge in [-0.3, -0.25) is 9.78 Å². The van der Waals surface area contributed by atoms with Gasteiger partial charge >= 0.3 is 29.6 Å². The summed E-state index contributed by atoms with van der Waals surface area (Å²) in [6.07, 6.45) is 1.28. The van der Waals surface area contributed by atoms with Gasteiger partial charge < -0.3 is 15.2 Å². The molecule has 0 bridgehead atoms. The molecular formula is C18H13N2NaO3. The van der Waals surface area contributed by atoms with Crippen LogP contribution in [0.5, 0.6) is 0 Å². The van der Waals surface area contributed by atoms with Crippen molar-refractivity contribution in [3.63, 3.8) is 0 Å². The maximum atomic E-state index is 12.1. The molecule has 0 aliphatic carbocycles. The van der Waals surface area contributed by atoms with Crippen LogP contribution in [-0.2, 0) is 6.54 Å². The molecule has 0 atom stereocenters. The summed E-state index contributed by atoms with van der Waals surface area (Å²) in [6.45, 7) is 0.331. The predicted octanol–water partition coefficient (Wildman–Crippen LogP) is -1.47. The largest absolute Gasteiger partial charge is 1.00 e. The Balaban J connectivity index is 0.00000208. The molecule has 0 spiro atoms. The molecule has 6 heteroatoms. The number of nitrogens with zero attached hydrogens (tertiary/aromatic N) is 1. The second-order valence-corrected chi connectivity index (χ2v) is 5.04. The number of carboxylic acid groups (broad SMARTS) is 1. The molecule has 1 aromatic heterocycles. The number of nitrogens with one attached hydrogen (secondary N) is 1. The third-order valence-corrected chi connectivity index (χ3v) is 3.55. The van der Waals surface area contributed by atoms with E-state index in [-0.39, 0.29) is 40.8 Å². The van der Waals surface area contributed by atoms with E-state index in [2.05, 4.69) is 10.3 Å². The number of hydrogen-bond acceptors (Lipinski definition) is 4. The van der Waals surface area contributed by atoms with Gasteiger partial charge in [0, 0.05) is 18.3 Å². The van der Waals surface area contributed by atoms with Crippen molar-refractivity contribution in [1.29, 1.82) is 0 Å². The Labute approximate surface area is 161 Å². The van der Waals surface area contributed by atoms with E-state index in [9.17, 15) is 14.7 Å². The van der Waals surface area contributed by atoms with E-state index in [1.807, 2.05) is 42.5 Å². The molecule has 1 N–H and O–H groups in total. The molecule has 5 nitrogen and oxygen atoms in total. The average molecular weight is 328 g/mol. The van der Waals surface area contributed by atoms with Crippen LogP contribution in [0.1, 0.15) is 26.4 Å². The number of benzene rings is 2. The topological polar surface area (TPSA) is 82.1 Å². The van der Waals surface area contributed by atoms with Crippen molar-refractivity contribution in [2.75, 3.05) is 0 Å². The van der Waals surface area contributed by atoms with Crippen molar-refractivity contribution in [1.82, 2.24) is 10.3 Å². The van der Waals surface area contributed by atoms with Crippen LogP contribution < -0.4 is 40.0 Å². The van der Waals surface area contributed by atoms with Gasteiger partial charge in [0.1, 0.15) is 5.69 Å². The molecular weight excluding hydrogens is 315 g/mol. The first-order valence-corrected chi connectivity index (χ1v) is 7.07. The summed E-state index contributed by atoms with van der Waals surface area (Å²) in [6, 6.07) is 16.3. The van der Waals surface area contributed by atoms with Crippen molar-refractivity contribution in [2.24, 2.45) is 0 Å². The fourth-order valence-corrected chi connectivity index (χ4v) is 2.39. The Hall–Kier alpha value is -2.21. The molecule has 0 aliphatic rings. The second kappa shape index (κ2) is 8.06. The summed E-state index contributed by atoms with van der Waals surface area (Å²) in [5.74, 6) is -1.77. The first-order chi connectivity index (χ1) is 11.1. The number of amides is 1. The Morgan fingerprint density at radius 3 is 2.58 bits per heavy atom. The fourth-order valence-electron chi connectivity index (χ4n) is 2.39. The van der Waals surface area contributed by atoms with Crippen LogP contribution >= 0.6 is 0 Å². The van der Waals surface area contributed by atoms with E-state index in [0.717, 1.165) is 16.3 Å². The van der Waals surface area contributed by atoms with Crippen molar-refractivity contribution < 1.29 is 44.3 Å². The number of carboxylic acids is 1. The molecule has 0 fully saturated rings. The van der Waals surface area contributed by atoms with Crippen LogP contribution in [0.4, 0.5) is 0 Å². The number of fused-ring (bicyclic) bond motifs is 1. The minimum absolute atomic E-state index is 0. The van der Waals surface area contributed by atoms with E-state index in [1.165, 1.54) is 18.3 Å². The molecule has 2 aromatic carbocycles. The molecule has 1 amide bonds. The molecule has 1 heterocycles. The van der Waals surface area contributed by atoms with E-state index >= 15 is 0 Å². The van der Waals surface area contributed by atoms with Crippen LogP contribution in [0.2, 0.25) is 0 Å². The van der Waals surface area contributed by atoms with Crippen LogP contribution in [0.25, 0.3) is 10.8 Å². The zero-order valence-corrected chi connectivity index (χ0v) is 15.2. The molecule has 0 aliphatic heterocycles. The van der Waals surface area contributed by atoms with E-state index in [0.29, 0.717) is 6.54 Å². The Morgan fingerprint density at radius 2 is 1.79 bits per heavy atom. The summed E-state index contributed by atoms with van der Waals surface area (Å²) in [7, 11) is 0. The van der Waals surface area contributed by atoms with Crippen molar-refractivity contribution in [3.8, 4) is 0 Å². The predicted molar refractivity (Wildman–Crippen MR) is 83.7 cm³/mol. The third kappa shape index (κ3) is 4.00. The van der Waals surface area contributed by atoms with E-state index in [1.54, 1.807) is 0 Å². The molecule has 0 radical (unpaired) electrons. The summed E-state index contributed by atoms with van der Waals surface area (Å²) in [5, 5.41) is 15.7. The van der Waals surface area contributed by atoms with Gasteiger partial charge in [0.05, 0.1) is 5.97 Å². The summed E-state index contributed by atoms with van der Waals surface area (Å²) in [4.78, 5) is 26.9. The first kappa shape index (κ1) is 18.1. The number of rotatable bonds is 4. The minimum atomic E-state index is -1.34. The van der Waals surface area contributed by atoms with Crippen LogP contribution in [-0.4, -0.2) is 16.9 Å². The molecule has 24 heavy (non-hydrogen) atoms. The Kier molecular flexibility index (Phi) is 6.09. The monoisotopic (exact) mass is 328 g/mol. The standard InChI is InChI=1S/C18H14N2O3.Na/c21-17(16-10-13(18(22)23)8-9-19-16)20-11-14-6-3-5-12-4-1-2-7-15(12)14;/h1-10H,11H2,(H,20,21)(H,22,23);/q;+1/p-1. The SMILES string of the molecule is O=C([O-])c1ccnc(C(=O)NCc2cccc3ccccc23)c1.[Na+]. The maximum absolute atomic E-state index is 12.1. The smallest absolute Gasteiger partial charge is 0.545 e. The van der Waals surface area contributed by atoms with E-state index < -0.39 is 11.9 Å². The van der Waals surface area contributed by atoms with E-state index in [4.69, 9.17) is 0 Å². The maximum Gasteiger partial charge on any atom is 1.00 e. The van der Waals surface area contributed by atoms with Crippen LogP contribution in [0.3, 0.4) is 0 Å². The van der Waals surface area contributed by atoms with Gasteiger partial charge in [0.15, 0.2) is 0 Å². The number of hydrogen-bond donors (Lipinski definition) is 1. The van der Waals surface area contributed by atoms with Crippen molar-refractivity contribution in [2.45, 2.75) is 6.54 Å². The van der Waals surface area contributed by atoms with Crippen LogP contribution in [0.15, 0.2) is 60.8 Å². The van der Waals surface area contributed by atoms with Gasteiger partial charge in [0.25, 0.3) is 5.91 Å². The van der Waals surface area contributed by atoms with Crippen molar-refractivity contribution in [3.05, 3.63) is 77.6 Å². The normalized spacial score (nSPS) is 10.0. The molecule has 0 unspecified atom stereocenters. The fraction of sp³-hybridized carbons (Fsp3) is 0.0556. The minimum Gasteiger partial charge on any atom is -0.545 e. The van der Waals surface area contributed by atoms with Gasteiger partial charge in [-0.05, 0) is 28.5 Å².